The van der Waals surface area contributed by atoms with Crippen LogP contribution >= 0.6 is 24.0 Å². The van der Waals surface area contributed by atoms with Gasteiger partial charge in [-0.1, -0.05) is 6.07 Å². The van der Waals surface area contributed by atoms with E-state index in [2.05, 4.69) is 10.3 Å². The summed E-state index contributed by atoms with van der Waals surface area (Å²) in [7, 11) is 3.37. The number of nitrogens with two attached hydrogens (primary N) is 1. The summed E-state index contributed by atoms with van der Waals surface area (Å²) in [6.07, 6.45) is 3.31. The summed E-state index contributed by atoms with van der Waals surface area (Å²) in [5, 5.41) is 3.05. The average Bonchev–Trinajstić information content (AvgIpc) is 2.38. The number of guanidine groups is 1. The van der Waals surface area contributed by atoms with Crippen LogP contribution in [0.4, 0.5) is 5.69 Å². The number of methoxy groups -OCH3 is 2. The molecule has 1 aromatic rings. The van der Waals surface area contributed by atoms with Crippen LogP contribution in [-0.4, -0.2) is 32.3 Å². The Balaban J connectivity index is 0.00000200. The van der Waals surface area contributed by atoms with Gasteiger partial charge in [0.1, 0.15) is 5.75 Å². The smallest absolute Gasteiger partial charge is 0.193 e. The van der Waals surface area contributed by atoms with Gasteiger partial charge in [0.05, 0.1) is 19.3 Å². The molecule has 1 aromatic carbocycles. The number of hydrogen-bond acceptors (Lipinski definition) is 3. The summed E-state index contributed by atoms with van der Waals surface area (Å²) in [5.74, 6) is 1.18. The normalized spacial score (nSPS) is 16.8. The van der Waals surface area contributed by atoms with E-state index in [0.29, 0.717) is 12.5 Å². The van der Waals surface area contributed by atoms with Gasteiger partial charge in [-0.25, -0.2) is 0 Å². The van der Waals surface area contributed by atoms with Gasteiger partial charge < -0.3 is 20.5 Å². The average molecular weight is 391 g/mol. The van der Waals surface area contributed by atoms with Gasteiger partial charge in [-0.3, -0.25) is 4.99 Å². The standard InChI is InChI=1S/C14H21N3O2.HI/c1-18-12-6-3-5-11(9-12)17-13(15)16-10-14(19-2)7-4-8-14;/h3,5-6,9H,4,7-8,10H2,1-2H3,(H3,15,16,17);1H. The van der Waals surface area contributed by atoms with Crippen LogP contribution in [-0.2, 0) is 4.74 Å². The number of nitrogens with zero attached hydrogens (tertiary/aromatic N) is 1. The molecule has 1 aliphatic rings. The highest BCUT2D eigenvalue weighted by atomic mass is 127. The number of hydrogen-bond donors (Lipinski definition) is 2. The third-order valence-electron chi connectivity index (χ3n) is 3.58. The zero-order valence-electron chi connectivity index (χ0n) is 11.9. The highest BCUT2D eigenvalue weighted by Crippen LogP contribution is 2.35. The Labute approximate surface area is 137 Å². The van der Waals surface area contributed by atoms with Gasteiger partial charge in [0, 0.05) is 18.9 Å². The van der Waals surface area contributed by atoms with Crippen molar-refractivity contribution in [2.45, 2.75) is 24.9 Å². The lowest BCUT2D eigenvalue weighted by atomic mass is 9.80. The second-order valence-corrected chi connectivity index (χ2v) is 4.80. The molecule has 0 amide bonds. The van der Waals surface area contributed by atoms with Crippen molar-refractivity contribution in [3.05, 3.63) is 24.3 Å². The molecule has 1 fully saturated rings. The highest BCUT2D eigenvalue weighted by Gasteiger charge is 2.36. The topological polar surface area (TPSA) is 68.9 Å². The number of rotatable bonds is 5. The van der Waals surface area contributed by atoms with Gasteiger partial charge >= 0.3 is 0 Å². The Hall–Kier alpha value is -1.02. The summed E-state index contributed by atoms with van der Waals surface area (Å²) in [5.41, 5.74) is 6.65. The van der Waals surface area contributed by atoms with Crippen molar-refractivity contribution < 1.29 is 9.47 Å². The molecule has 2 rings (SSSR count). The minimum absolute atomic E-state index is 0. The first kappa shape index (κ1) is 17.0. The predicted octanol–water partition coefficient (Wildman–Crippen LogP) is 2.61. The molecular formula is C14H22IN3O2. The molecule has 112 valence electrons. The molecule has 3 N–H and O–H groups in total. The molecule has 0 heterocycles. The van der Waals surface area contributed by atoms with E-state index >= 15 is 0 Å². The molecule has 6 heteroatoms. The maximum atomic E-state index is 5.88. The lowest BCUT2D eigenvalue weighted by molar-refractivity contribution is -0.0629. The SMILES string of the molecule is COc1cccc(NC(N)=NCC2(OC)CCC2)c1.I. The van der Waals surface area contributed by atoms with Crippen molar-refractivity contribution in [1.82, 2.24) is 0 Å². The van der Waals surface area contributed by atoms with Crippen LogP contribution in [0.2, 0.25) is 0 Å². The van der Waals surface area contributed by atoms with Crippen LogP contribution in [0.15, 0.2) is 29.3 Å². The minimum atomic E-state index is -0.0965. The molecule has 0 aromatic heterocycles. The largest absolute Gasteiger partial charge is 0.497 e. The van der Waals surface area contributed by atoms with Crippen LogP contribution < -0.4 is 15.8 Å². The second kappa shape index (κ2) is 7.68. The van der Waals surface area contributed by atoms with Gasteiger partial charge in [-0.2, -0.15) is 0 Å². The summed E-state index contributed by atoms with van der Waals surface area (Å²) in [6.45, 7) is 0.603. The Morgan fingerprint density at radius 2 is 2.15 bits per heavy atom. The van der Waals surface area contributed by atoms with Crippen LogP contribution in [0.1, 0.15) is 19.3 Å². The monoisotopic (exact) mass is 391 g/mol. The quantitative estimate of drug-likeness (QED) is 0.460. The molecule has 0 saturated heterocycles. The first-order valence-electron chi connectivity index (χ1n) is 6.44. The van der Waals surface area contributed by atoms with Crippen molar-refractivity contribution in [2.75, 3.05) is 26.1 Å². The molecular weight excluding hydrogens is 369 g/mol. The highest BCUT2D eigenvalue weighted by molar-refractivity contribution is 14.0. The van der Waals surface area contributed by atoms with Crippen molar-refractivity contribution >= 4 is 35.6 Å². The number of anilines is 1. The molecule has 20 heavy (non-hydrogen) atoms. The Morgan fingerprint density at radius 1 is 1.40 bits per heavy atom. The van der Waals surface area contributed by atoms with Gasteiger partial charge in [0.25, 0.3) is 0 Å². The first-order valence-corrected chi connectivity index (χ1v) is 6.44. The fourth-order valence-electron chi connectivity index (χ4n) is 2.12. The predicted molar refractivity (Wildman–Crippen MR) is 92.1 cm³/mol. The minimum Gasteiger partial charge on any atom is -0.497 e. The maximum Gasteiger partial charge on any atom is 0.193 e. The van der Waals surface area contributed by atoms with Gasteiger partial charge in [-0.05, 0) is 31.4 Å². The van der Waals surface area contributed by atoms with Gasteiger partial charge in [-0.15, -0.1) is 24.0 Å². The number of ether oxygens (including phenoxy) is 2. The molecule has 0 aliphatic heterocycles. The molecule has 0 unspecified atom stereocenters. The van der Waals surface area contributed by atoms with E-state index in [9.17, 15) is 0 Å². The lowest BCUT2D eigenvalue weighted by Gasteiger charge is -2.39. The van der Waals surface area contributed by atoms with Crippen molar-refractivity contribution in [3.63, 3.8) is 0 Å². The van der Waals surface area contributed by atoms with E-state index in [1.54, 1.807) is 14.2 Å². The molecule has 0 atom stereocenters. The van der Waals surface area contributed by atoms with E-state index in [-0.39, 0.29) is 29.6 Å². The Kier molecular flexibility index (Phi) is 6.54. The van der Waals surface area contributed by atoms with Crippen LogP contribution in [0.25, 0.3) is 0 Å². The van der Waals surface area contributed by atoms with E-state index < -0.39 is 0 Å². The Morgan fingerprint density at radius 3 is 2.70 bits per heavy atom. The van der Waals surface area contributed by atoms with E-state index in [0.717, 1.165) is 24.3 Å². The third-order valence-corrected chi connectivity index (χ3v) is 3.58. The van der Waals surface area contributed by atoms with Crippen LogP contribution in [0.3, 0.4) is 0 Å². The third kappa shape index (κ3) is 4.24. The second-order valence-electron chi connectivity index (χ2n) is 4.80. The van der Waals surface area contributed by atoms with Gasteiger partial charge in [0.15, 0.2) is 5.96 Å². The molecule has 0 spiro atoms. The van der Waals surface area contributed by atoms with E-state index in [1.807, 2.05) is 24.3 Å². The lowest BCUT2D eigenvalue weighted by Crippen LogP contribution is -2.43. The molecule has 1 aliphatic carbocycles. The summed E-state index contributed by atoms with van der Waals surface area (Å²) in [4.78, 5) is 4.36. The number of benzene rings is 1. The van der Waals surface area contributed by atoms with E-state index in [1.165, 1.54) is 6.42 Å². The zero-order chi connectivity index (χ0) is 13.7. The molecule has 1 saturated carbocycles. The zero-order valence-corrected chi connectivity index (χ0v) is 14.2. The summed E-state index contributed by atoms with van der Waals surface area (Å²) >= 11 is 0. The maximum absolute atomic E-state index is 5.88. The Bertz CT molecular complexity index is 456. The molecule has 5 nitrogen and oxygen atoms in total. The molecule has 0 bridgehead atoms. The van der Waals surface area contributed by atoms with Crippen LogP contribution in [0.5, 0.6) is 5.75 Å². The fraction of sp³-hybridized carbons (Fsp3) is 0.500. The van der Waals surface area contributed by atoms with Crippen molar-refractivity contribution in [3.8, 4) is 5.75 Å². The van der Waals surface area contributed by atoms with Crippen LogP contribution in [0, 0.1) is 0 Å². The number of aliphatic imine (C=N–C) groups is 1. The van der Waals surface area contributed by atoms with Gasteiger partial charge in [0.2, 0.25) is 0 Å². The fourth-order valence-corrected chi connectivity index (χ4v) is 2.12. The van der Waals surface area contributed by atoms with Crippen molar-refractivity contribution in [2.24, 2.45) is 10.7 Å². The van der Waals surface area contributed by atoms with Crippen molar-refractivity contribution in [1.29, 1.82) is 0 Å². The first-order chi connectivity index (χ1) is 9.17. The van der Waals surface area contributed by atoms with E-state index in [4.69, 9.17) is 15.2 Å². The summed E-state index contributed by atoms with van der Waals surface area (Å²) in [6, 6.07) is 7.57. The summed E-state index contributed by atoms with van der Waals surface area (Å²) < 4.78 is 10.7. The number of nitrogens with one attached hydrogen (secondary N) is 1. The molecule has 0 radical (unpaired) electrons. The number of halogens is 1.